The number of nitrogens with zero attached hydrogens (tertiary/aromatic N) is 2. The maximum atomic E-state index is 2.71. The van der Waals surface area contributed by atoms with Crippen molar-refractivity contribution in [3.05, 3.63) is 167 Å². The van der Waals surface area contributed by atoms with Gasteiger partial charge in [0.1, 0.15) is 0 Å². The van der Waals surface area contributed by atoms with Crippen molar-refractivity contribution in [1.29, 1.82) is 0 Å². The summed E-state index contributed by atoms with van der Waals surface area (Å²) in [4.78, 5) is 5.26. The molecule has 0 amide bonds. The Bertz CT molecular complexity index is 2270. The summed E-state index contributed by atoms with van der Waals surface area (Å²) in [7, 11) is 0. The molecule has 0 saturated heterocycles. The van der Waals surface area contributed by atoms with Crippen LogP contribution in [0.3, 0.4) is 0 Å². The molecule has 0 N–H and O–H groups in total. The molecule has 3 heterocycles. The second kappa shape index (κ2) is 10.7. The predicted molar refractivity (Wildman–Crippen MR) is 219 cm³/mol. The molecule has 0 spiro atoms. The number of benzene rings is 6. The standard InChI is InChI=1S/C48H47BN2/c1-45(2,3)32-23-26-36(27-24-32)50-40-29-25-35(46(4,5)6)31-39(40)49-38-21-15-16-22-41(38)51-44-37(28-30-42(50)43(44)49)48(47(51,7)8,33-17-11-9-12-18-33)34-19-13-10-14-20-34/h9-31H,1-8H3. The molecule has 0 bridgehead atoms. The fourth-order valence-electron chi connectivity index (χ4n) is 9.77. The van der Waals surface area contributed by atoms with Gasteiger partial charge in [0, 0.05) is 28.4 Å². The van der Waals surface area contributed by atoms with Crippen LogP contribution in [0.15, 0.2) is 140 Å². The number of para-hydroxylation sites is 1. The van der Waals surface area contributed by atoms with Gasteiger partial charge in [0.15, 0.2) is 0 Å². The summed E-state index contributed by atoms with van der Waals surface area (Å²) in [5.41, 5.74) is 16.6. The zero-order valence-electron chi connectivity index (χ0n) is 31.3. The maximum absolute atomic E-state index is 2.71. The Kier molecular flexibility index (Phi) is 6.73. The zero-order valence-corrected chi connectivity index (χ0v) is 31.3. The minimum absolute atomic E-state index is 0.0190. The normalized spacial score (nSPS) is 16.4. The lowest BCUT2D eigenvalue weighted by Crippen LogP contribution is -2.64. The average Bonchev–Trinajstić information content (AvgIpc) is 3.34. The molecule has 0 saturated carbocycles. The second-order valence-electron chi connectivity index (χ2n) is 17.4. The van der Waals surface area contributed by atoms with Gasteiger partial charge in [0.25, 0.3) is 6.71 Å². The van der Waals surface area contributed by atoms with Gasteiger partial charge in [-0.1, -0.05) is 151 Å². The monoisotopic (exact) mass is 662 g/mol. The van der Waals surface area contributed by atoms with Crippen molar-refractivity contribution in [2.24, 2.45) is 0 Å². The van der Waals surface area contributed by atoms with Crippen LogP contribution in [-0.2, 0) is 16.2 Å². The van der Waals surface area contributed by atoms with E-state index in [9.17, 15) is 0 Å². The number of anilines is 5. The SMILES string of the molecule is CC(C)(C)c1ccc(N2c3ccc(C(C)(C)C)cc3B3c4ccccc4N4c5c(ccc2c53)C(c2ccccc2)(c2ccccc2)C4(C)C)cc1. The molecule has 0 radical (unpaired) electrons. The summed E-state index contributed by atoms with van der Waals surface area (Å²) in [5, 5.41) is 0. The Balaban J connectivity index is 1.42. The number of hydrogen-bond donors (Lipinski definition) is 0. The summed E-state index contributed by atoms with van der Waals surface area (Å²) in [6, 6.07) is 53.2. The Labute approximate surface area is 304 Å². The van der Waals surface area contributed by atoms with Crippen molar-refractivity contribution in [3.8, 4) is 0 Å². The summed E-state index contributed by atoms with van der Waals surface area (Å²) in [6.45, 7) is 18.9. The fourth-order valence-corrected chi connectivity index (χ4v) is 9.77. The van der Waals surface area contributed by atoms with Crippen LogP contribution in [0.4, 0.5) is 28.4 Å². The topological polar surface area (TPSA) is 6.48 Å². The summed E-state index contributed by atoms with van der Waals surface area (Å²) in [5.74, 6) is 0. The number of hydrogen-bond acceptors (Lipinski definition) is 2. The van der Waals surface area contributed by atoms with E-state index >= 15 is 0 Å². The first-order valence-electron chi connectivity index (χ1n) is 18.6. The van der Waals surface area contributed by atoms with Crippen LogP contribution in [0.2, 0.25) is 0 Å². The predicted octanol–water partition coefficient (Wildman–Crippen LogP) is 10.2. The fraction of sp³-hybridized carbons (Fsp3) is 0.250. The third-order valence-corrected chi connectivity index (χ3v) is 12.2. The molecular formula is C48H47BN2. The highest BCUT2D eigenvalue weighted by molar-refractivity contribution is 7.00. The van der Waals surface area contributed by atoms with E-state index in [1.54, 1.807) is 0 Å². The molecule has 2 nitrogen and oxygen atoms in total. The van der Waals surface area contributed by atoms with E-state index in [-0.39, 0.29) is 23.1 Å². The highest BCUT2D eigenvalue weighted by Gasteiger charge is 2.62. The van der Waals surface area contributed by atoms with E-state index in [1.165, 1.54) is 72.6 Å². The van der Waals surface area contributed by atoms with Gasteiger partial charge < -0.3 is 9.80 Å². The van der Waals surface area contributed by atoms with Gasteiger partial charge in [-0.25, -0.2) is 0 Å². The molecule has 0 unspecified atom stereocenters. The first-order valence-corrected chi connectivity index (χ1v) is 18.6. The summed E-state index contributed by atoms with van der Waals surface area (Å²) < 4.78 is 0. The Hall–Kier alpha value is -5.02. The molecule has 51 heavy (non-hydrogen) atoms. The largest absolute Gasteiger partial charge is 0.335 e. The third-order valence-electron chi connectivity index (χ3n) is 12.2. The minimum Gasteiger partial charge on any atom is -0.335 e. The van der Waals surface area contributed by atoms with E-state index in [2.05, 4.69) is 205 Å². The van der Waals surface area contributed by atoms with Crippen LogP contribution < -0.4 is 26.2 Å². The molecule has 3 aliphatic heterocycles. The third kappa shape index (κ3) is 4.30. The van der Waals surface area contributed by atoms with Crippen LogP contribution >= 0.6 is 0 Å². The Morgan fingerprint density at radius 2 is 1.06 bits per heavy atom. The van der Waals surface area contributed by atoms with Crippen molar-refractivity contribution >= 4 is 51.5 Å². The van der Waals surface area contributed by atoms with Crippen molar-refractivity contribution in [2.75, 3.05) is 9.80 Å². The molecule has 0 aromatic heterocycles. The zero-order chi connectivity index (χ0) is 35.5. The first-order chi connectivity index (χ1) is 24.3. The molecule has 0 atom stereocenters. The van der Waals surface area contributed by atoms with E-state index in [1.807, 2.05) is 0 Å². The molecule has 6 aromatic carbocycles. The minimum atomic E-state index is -0.422. The van der Waals surface area contributed by atoms with E-state index in [4.69, 9.17) is 0 Å². The van der Waals surface area contributed by atoms with Crippen LogP contribution in [0, 0.1) is 0 Å². The van der Waals surface area contributed by atoms with Gasteiger partial charge in [-0.3, -0.25) is 0 Å². The molecule has 0 fully saturated rings. The van der Waals surface area contributed by atoms with Crippen LogP contribution in [0.25, 0.3) is 0 Å². The van der Waals surface area contributed by atoms with Crippen molar-refractivity contribution in [2.45, 2.75) is 77.2 Å². The second-order valence-corrected chi connectivity index (χ2v) is 17.4. The van der Waals surface area contributed by atoms with Crippen LogP contribution in [0.1, 0.15) is 83.2 Å². The lowest BCUT2D eigenvalue weighted by molar-refractivity contribution is 0.384. The number of rotatable bonds is 3. The van der Waals surface area contributed by atoms with Crippen molar-refractivity contribution in [1.82, 2.24) is 0 Å². The smallest absolute Gasteiger partial charge is 0.252 e. The Morgan fingerprint density at radius 1 is 0.510 bits per heavy atom. The molecule has 9 rings (SSSR count). The van der Waals surface area contributed by atoms with Gasteiger partial charge in [-0.05, 0) is 99.2 Å². The molecule has 3 heteroatoms. The molecular weight excluding hydrogens is 615 g/mol. The van der Waals surface area contributed by atoms with Crippen LogP contribution in [-0.4, -0.2) is 12.3 Å². The summed E-state index contributed by atoms with van der Waals surface area (Å²) >= 11 is 0. The van der Waals surface area contributed by atoms with E-state index in [0.717, 1.165) is 0 Å². The first kappa shape index (κ1) is 31.9. The lowest BCUT2D eigenvalue weighted by Gasteiger charge is -2.49. The molecule has 3 aliphatic rings. The Morgan fingerprint density at radius 3 is 1.67 bits per heavy atom. The van der Waals surface area contributed by atoms with Crippen molar-refractivity contribution < 1.29 is 0 Å². The highest BCUT2D eigenvalue weighted by atomic mass is 15.3. The number of fused-ring (bicyclic) bond motifs is 5. The molecule has 252 valence electrons. The lowest BCUT2D eigenvalue weighted by atomic mass is 9.33. The quantitative estimate of drug-likeness (QED) is 0.174. The van der Waals surface area contributed by atoms with Crippen molar-refractivity contribution in [3.63, 3.8) is 0 Å². The van der Waals surface area contributed by atoms with Gasteiger partial charge in [0.05, 0.1) is 11.0 Å². The average molecular weight is 663 g/mol. The highest BCUT2D eigenvalue weighted by Crippen LogP contribution is 2.62. The van der Waals surface area contributed by atoms with Gasteiger partial charge >= 0.3 is 0 Å². The van der Waals surface area contributed by atoms with Gasteiger partial charge in [-0.15, -0.1) is 0 Å². The van der Waals surface area contributed by atoms with Gasteiger partial charge in [-0.2, -0.15) is 0 Å². The maximum Gasteiger partial charge on any atom is 0.252 e. The van der Waals surface area contributed by atoms with Crippen LogP contribution in [0.5, 0.6) is 0 Å². The van der Waals surface area contributed by atoms with Gasteiger partial charge in [0.2, 0.25) is 0 Å². The molecule has 0 aliphatic carbocycles. The van der Waals surface area contributed by atoms with E-state index < -0.39 is 5.41 Å². The summed E-state index contributed by atoms with van der Waals surface area (Å²) in [6.07, 6.45) is 0. The molecule has 6 aromatic rings. The van der Waals surface area contributed by atoms with E-state index in [0.29, 0.717) is 0 Å².